The number of hydrogen-bond donors (Lipinski definition) is 3. The maximum absolute atomic E-state index is 10.4. The van der Waals surface area contributed by atoms with Gasteiger partial charge in [0.05, 0.1) is 31.8 Å². The second kappa shape index (κ2) is 6.02. The Labute approximate surface area is 128 Å². The lowest BCUT2D eigenvalue weighted by Crippen LogP contribution is -2.60. The summed E-state index contributed by atoms with van der Waals surface area (Å²) in [6, 6.07) is 5.29. The first-order chi connectivity index (χ1) is 10.6. The van der Waals surface area contributed by atoms with Crippen LogP contribution in [0, 0.1) is 5.92 Å². The van der Waals surface area contributed by atoms with Gasteiger partial charge in [-0.25, -0.2) is 0 Å². The van der Waals surface area contributed by atoms with E-state index in [0.717, 1.165) is 5.56 Å². The van der Waals surface area contributed by atoms with Gasteiger partial charge in [0.1, 0.15) is 23.7 Å². The van der Waals surface area contributed by atoms with Gasteiger partial charge in [-0.05, 0) is 12.1 Å². The molecule has 22 heavy (non-hydrogen) atoms. The van der Waals surface area contributed by atoms with Crippen molar-refractivity contribution in [3.05, 3.63) is 23.8 Å². The minimum atomic E-state index is -1.20. The predicted octanol–water partition coefficient (Wildman–Crippen LogP) is -0.170. The number of hydrogen-bond acceptors (Lipinski definition) is 7. The molecule has 0 unspecified atom stereocenters. The van der Waals surface area contributed by atoms with Crippen LogP contribution in [0.3, 0.4) is 0 Å². The first-order valence-corrected chi connectivity index (χ1v) is 7.10. The standard InChI is InChI=1S/C15H20O7/c1-19-7-3-4-8-9(5-7)21-15-11(14(8)20-2)13(18)12(17)10(6-16)22-15/h3-5,10-18H,6H2,1-2H3/t10-,11-,12-,13-,14-,15-/m1/s1. The molecule has 1 aromatic rings. The van der Waals surface area contributed by atoms with Crippen molar-refractivity contribution in [1.29, 1.82) is 0 Å². The lowest BCUT2D eigenvalue weighted by atomic mass is 9.82. The summed E-state index contributed by atoms with van der Waals surface area (Å²) in [4.78, 5) is 0. The highest BCUT2D eigenvalue weighted by Gasteiger charge is 2.52. The molecule has 1 saturated heterocycles. The Hall–Kier alpha value is -1.38. The smallest absolute Gasteiger partial charge is 0.208 e. The monoisotopic (exact) mass is 312 g/mol. The Bertz CT molecular complexity index is 535. The zero-order valence-electron chi connectivity index (χ0n) is 12.4. The Morgan fingerprint density at radius 3 is 2.59 bits per heavy atom. The molecule has 0 spiro atoms. The van der Waals surface area contributed by atoms with Crippen molar-refractivity contribution in [3.63, 3.8) is 0 Å². The van der Waals surface area contributed by atoms with Gasteiger partial charge in [-0.1, -0.05) is 0 Å². The molecule has 3 N–H and O–H groups in total. The van der Waals surface area contributed by atoms with E-state index in [0.29, 0.717) is 11.5 Å². The van der Waals surface area contributed by atoms with E-state index >= 15 is 0 Å². The van der Waals surface area contributed by atoms with Gasteiger partial charge >= 0.3 is 0 Å². The maximum atomic E-state index is 10.4. The van der Waals surface area contributed by atoms with Crippen LogP contribution in [0.25, 0.3) is 0 Å². The quantitative estimate of drug-likeness (QED) is 0.713. The van der Waals surface area contributed by atoms with E-state index in [1.807, 2.05) is 0 Å². The number of aliphatic hydroxyl groups is 3. The third kappa shape index (κ3) is 2.35. The summed E-state index contributed by atoms with van der Waals surface area (Å²) in [5.41, 5.74) is 0.752. The van der Waals surface area contributed by atoms with Gasteiger partial charge in [0.15, 0.2) is 0 Å². The first kappa shape index (κ1) is 15.5. The molecule has 3 rings (SSSR count). The Kier molecular flexibility index (Phi) is 4.24. The molecule has 0 amide bonds. The highest BCUT2D eigenvalue weighted by atomic mass is 16.7. The van der Waals surface area contributed by atoms with E-state index in [-0.39, 0.29) is 0 Å². The van der Waals surface area contributed by atoms with E-state index in [1.54, 1.807) is 25.3 Å². The van der Waals surface area contributed by atoms with E-state index in [9.17, 15) is 15.3 Å². The Morgan fingerprint density at radius 1 is 1.18 bits per heavy atom. The zero-order valence-corrected chi connectivity index (χ0v) is 12.4. The van der Waals surface area contributed by atoms with Crippen LogP contribution in [0.15, 0.2) is 18.2 Å². The minimum Gasteiger partial charge on any atom is -0.497 e. The number of aliphatic hydroxyl groups excluding tert-OH is 3. The van der Waals surface area contributed by atoms with E-state index in [1.165, 1.54) is 7.11 Å². The van der Waals surface area contributed by atoms with Crippen LogP contribution >= 0.6 is 0 Å². The second-order valence-electron chi connectivity index (χ2n) is 5.46. The summed E-state index contributed by atoms with van der Waals surface area (Å²) in [7, 11) is 3.08. The van der Waals surface area contributed by atoms with E-state index < -0.39 is 43.2 Å². The molecule has 0 bridgehead atoms. The van der Waals surface area contributed by atoms with Crippen molar-refractivity contribution in [1.82, 2.24) is 0 Å². The number of ether oxygens (including phenoxy) is 4. The highest BCUT2D eigenvalue weighted by molar-refractivity contribution is 5.44. The van der Waals surface area contributed by atoms with Crippen LogP contribution in [-0.4, -0.2) is 60.7 Å². The van der Waals surface area contributed by atoms with Gasteiger partial charge in [0.2, 0.25) is 6.29 Å². The summed E-state index contributed by atoms with van der Waals surface area (Å²) in [5.74, 6) is 0.568. The molecule has 1 aromatic carbocycles. The molecular weight excluding hydrogens is 292 g/mol. The number of rotatable bonds is 3. The predicted molar refractivity (Wildman–Crippen MR) is 74.6 cm³/mol. The van der Waals surface area contributed by atoms with Gasteiger partial charge in [0.25, 0.3) is 0 Å². The molecule has 0 radical (unpaired) electrons. The molecular formula is C15H20O7. The number of fused-ring (bicyclic) bond motifs is 2. The Morgan fingerprint density at radius 2 is 1.95 bits per heavy atom. The van der Waals surface area contributed by atoms with E-state index in [2.05, 4.69) is 0 Å². The van der Waals surface area contributed by atoms with Gasteiger partial charge < -0.3 is 34.3 Å². The fraction of sp³-hybridized carbons (Fsp3) is 0.600. The van der Waals surface area contributed by atoms with Gasteiger partial charge in [-0.15, -0.1) is 0 Å². The number of methoxy groups -OCH3 is 2. The van der Waals surface area contributed by atoms with Gasteiger partial charge in [0, 0.05) is 18.7 Å². The zero-order chi connectivity index (χ0) is 15.9. The average Bonchev–Trinajstić information content (AvgIpc) is 2.55. The van der Waals surface area contributed by atoms with Gasteiger partial charge in [-0.2, -0.15) is 0 Å². The molecule has 2 heterocycles. The molecule has 122 valence electrons. The maximum Gasteiger partial charge on any atom is 0.208 e. The SMILES string of the molecule is COc1ccc2c(c1)O[C@@H]1O[C@H](CO)[C@@H](O)[C@H](O)[C@@H]1[C@@H]2OC. The first-order valence-electron chi connectivity index (χ1n) is 7.10. The molecule has 2 aliphatic heterocycles. The normalized spacial score (nSPS) is 37.0. The van der Waals surface area contributed by atoms with Crippen molar-refractivity contribution in [3.8, 4) is 11.5 Å². The van der Waals surface area contributed by atoms with Crippen molar-refractivity contribution >= 4 is 0 Å². The van der Waals surface area contributed by atoms with Crippen molar-refractivity contribution in [2.45, 2.75) is 30.7 Å². The molecule has 0 aromatic heterocycles. The lowest BCUT2D eigenvalue weighted by Gasteiger charge is -2.47. The molecule has 1 fully saturated rings. The molecule has 6 atom stereocenters. The van der Waals surface area contributed by atoms with E-state index in [4.69, 9.17) is 18.9 Å². The van der Waals surface area contributed by atoms with Crippen LogP contribution < -0.4 is 9.47 Å². The second-order valence-corrected chi connectivity index (χ2v) is 5.46. The average molecular weight is 312 g/mol. The fourth-order valence-corrected chi connectivity index (χ4v) is 3.13. The van der Waals surface area contributed by atoms with Crippen molar-refractivity contribution in [2.24, 2.45) is 5.92 Å². The van der Waals surface area contributed by atoms with Crippen LogP contribution in [0.5, 0.6) is 11.5 Å². The summed E-state index contributed by atoms with van der Waals surface area (Å²) >= 11 is 0. The topological polar surface area (TPSA) is 97.6 Å². The molecule has 7 nitrogen and oxygen atoms in total. The third-order valence-corrected chi connectivity index (χ3v) is 4.30. The highest BCUT2D eigenvalue weighted by Crippen LogP contribution is 2.46. The van der Waals surface area contributed by atoms with Crippen molar-refractivity contribution < 1.29 is 34.3 Å². The fourth-order valence-electron chi connectivity index (χ4n) is 3.13. The van der Waals surface area contributed by atoms with Crippen LogP contribution in [0.4, 0.5) is 0 Å². The van der Waals surface area contributed by atoms with Gasteiger partial charge in [-0.3, -0.25) is 0 Å². The summed E-state index contributed by atoms with van der Waals surface area (Å²) < 4.78 is 22.1. The van der Waals surface area contributed by atoms with Crippen LogP contribution in [0.2, 0.25) is 0 Å². The third-order valence-electron chi connectivity index (χ3n) is 4.30. The summed E-state index contributed by atoms with van der Waals surface area (Å²) in [6.45, 7) is -0.409. The molecule has 2 aliphatic rings. The summed E-state index contributed by atoms with van der Waals surface area (Å²) in [6.07, 6.45) is -4.55. The Balaban J connectivity index is 1.99. The summed E-state index contributed by atoms with van der Waals surface area (Å²) in [5, 5.41) is 29.7. The number of benzene rings is 1. The lowest BCUT2D eigenvalue weighted by molar-refractivity contribution is -0.285. The van der Waals surface area contributed by atoms with Crippen LogP contribution in [-0.2, 0) is 9.47 Å². The minimum absolute atomic E-state index is 0.409. The van der Waals surface area contributed by atoms with Crippen LogP contribution in [0.1, 0.15) is 11.7 Å². The molecule has 0 saturated carbocycles. The molecule has 7 heteroatoms. The van der Waals surface area contributed by atoms with Crippen molar-refractivity contribution in [2.75, 3.05) is 20.8 Å². The molecule has 0 aliphatic carbocycles. The largest absolute Gasteiger partial charge is 0.497 e.